The van der Waals surface area contributed by atoms with Crippen molar-refractivity contribution in [1.82, 2.24) is 5.32 Å². The van der Waals surface area contributed by atoms with E-state index in [1.54, 1.807) is 0 Å². The molecule has 0 saturated carbocycles. The van der Waals surface area contributed by atoms with Crippen molar-refractivity contribution in [2.75, 3.05) is 13.1 Å². The highest BCUT2D eigenvalue weighted by atomic mass is 14.9. The van der Waals surface area contributed by atoms with Crippen LogP contribution < -0.4 is 5.32 Å². The van der Waals surface area contributed by atoms with E-state index in [0.29, 0.717) is 0 Å². The molecule has 1 radical (unpaired) electrons. The Morgan fingerprint density at radius 3 is 2.33 bits per heavy atom. The van der Waals surface area contributed by atoms with E-state index in [9.17, 15) is 0 Å². The van der Waals surface area contributed by atoms with Crippen LogP contribution in [0.15, 0.2) is 0 Å². The molecule has 1 saturated heterocycles. The third-order valence-electron chi connectivity index (χ3n) is 1.28. The second-order valence-corrected chi connectivity index (χ2v) is 1.75. The minimum absolute atomic E-state index is 0.880. The zero-order valence-electron chi connectivity index (χ0n) is 4.07. The molecule has 6 heavy (non-hydrogen) atoms. The highest BCUT2D eigenvalue weighted by Crippen LogP contribution is 2.03. The summed E-state index contributed by atoms with van der Waals surface area (Å²) in [6.07, 6.45) is 2.25. The molecule has 0 aromatic heterocycles. The SMILES string of the molecule is C[CH]C1CNC1. The van der Waals surface area contributed by atoms with Crippen LogP contribution in [0.5, 0.6) is 0 Å². The maximum atomic E-state index is 3.18. The van der Waals surface area contributed by atoms with E-state index >= 15 is 0 Å². The van der Waals surface area contributed by atoms with Crippen LogP contribution in [0, 0.1) is 12.3 Å². The highest BCUT2D eigenvalue weighted by Gasteiger charge is 2.12. The van der Waals surface area contributed by atoms with E-state index in [4.69, 9.17) is 0 Å². The van der Waals surface area contributed by atoms with Crippen molar-refractivity contribution in [3.63, 3.8) is 0 Å². The van der Waals surface area contributed by atoms with Gasteiger partial charge in [0.15, 0.2) is 0 Å². The average Bonchev–Trinajstić information content (AvgIpc) is 1.31. The molecule has 1 rings (SSSR count). The summed E-state index contributed by atoms with van der Waals surface area (Å²) in [6.45, 7) is 4.53. The number of nitrogens with one attached hydrogen (secondary N) is 1. The van der Waals surface area contributed by atoms with Crippen LogP contribution in [0.1, 0.15) is 6.92 Å². The van der Waals surface area contributed by atoms with Crippen LogP contribution in [-0.4, -0.2) is 13.1 Å². The maximum Gasteiger partial charge on any atom is -0.000559 e. The molecular formula is C5H10N. The van der Waals surface area contributed by atoms with Crippen molar-refractivity contribution in [1.29, 1.82) is 0 Å². The molecule has 0 amide bonds. The Kier molecular flexibility index (Phi) is 1.10. The Bertz CT molecular complexity index is 36.4. The quantitative estimate of drug-likeness (QED) is 0.486. The van der Waals surface area contributed by atoms with Gasteiger partial charge < -0.3 is 5.32 Å². The van der Waals surface area contributed by atoms with Gasteiger partial charge in [-0.05, 0) is 25.4 Å². The molecular weight excluding hydrogens is 74.1 g/mol. The summed E-state index contributed by atoms with van der Waals surface area (Å²) in [5, 5.41) is 3.18. The Hall–Kier alpha value is -0.0400. The van der Waals surface area contributed by atoms with E-state index in [-0.39, 0.29) is 0 Å². The first-order chi connectivity index (χ1) is 2.93. The fourth-order valence-corrected chi connectivity index (χ4v) is 0.547. The first-order valence-electron chi connectivity index (χ1n) is 2.43. The molecule has 0 bridgehead atoms. The zero-order chi connectivity index (χ0) is 4.41. The van der Waals surface area contributed by atoms with Gasteiger partial charge in [0.1, 0.15) is 0 Å². The van der Waals surface area contributed by atoms with E-state index in [1.807, 2.05) is 0 Å². The van der Waals surface area contributed by atoms with E-state index in [1.165, 1.54) is 13.1 Å². The molecule has 0 aromatic rings. The molecule has 0 atom stereocenters. The molecule has 0 aromatic carbocycles. The molecule has 1 heterocycles. The lowest BCUT2D eigenvalue weighted by Crippen LogP contribution is -2.41. The molecule has 1 aliphatic rings. The third-order valence-corrected chi connectivity index (χ3v) is 1.28. The summed E-state index contributed by atoms with van der Waals surface area (Å²) in [6, 6.07) is 0. The van der Waals surface area contributed by atoms with Gasteiger partial charge in [-0.3, -0.25) is 0 Å². The molecule has 0 spiro atoms. The summed E-state index contributed by atoms with van der Waals surface area (Å²) >= 11 is 0. The minimum Gasteiger partial charge on any atom is -0.316 e. The molecule has 1 nitrogen and oxygen atoms in total. The summed E-state index contributed by atoms with van der Waals surface area (Å²) < 4.78 is 0. The summed E-state index contributed by atoms with van der Waals surface area (Å²) in [5.74, 6) is 0.880. The van der Waals surface area contributed by atoms with Crippen LogP contribution in [0.3, 0.4) is 0 Å². The van der Waals surface area contributed by atoms with Gasteiger partial charge in [-0.2, -0.15) is 0 Å². The van der Waals surface area contributed by atoms with Gasteiger partial charge >= 0.3 is 0 Å². The molecule has 0 unspecified atom stereocenters. The maximum absolute atomic E-state index is 3.18. The smallest absolute Gasteiger partial charge is 0.000559 e. The van der Waals surface area contributed by atoms with Gasteiger partial charge in [-0.25, -0.2) is 0 Å². The van der Waals surface area contributed by atoms with Crippen LogP contribution in [0.25, 0.3) is 0 Å². The van der Waals surface area contributed by atoms with Gasteiger partial charge in [0.25, 0.3) is 0 Å². The van der Waals surface area contributed by atoms with Crippen molar-refractivity contribution in [3.05, 3.63) is 6.42 Å². The predicted octanol–water partition coefficient (Wildman–Crippen LogP) is 0.430. The second-order valence-electron chi connectivity index (χ2n) is 1.75. The van der Waals surface area contributed by atoms with E-state index in [0.717, 1.165) is 5.92 Å². The molecule has 0 aliphatic carbocycles. The van der Waals surface area contributed by atoms with Crippen LogP contribution in [-0.2, 0) is 0 Å². The van der Waals surface area contributed by atoms with Gasteiger partial charge in [-0.15, -0.1) is 0 Å². The summed E-state index contributed by atoms with van der Waals surface area (Å²) in [4.78, 5) is 0. The van der Waals surface area contributed by atoms with E-state index in [2.05, 4.69) is 18.7 Å². The lowest BCUT2D eigenvalue weighted by molar-refractivity contribution is 0.395. The lowest BCUT2D eigenvalue weighted by atomic mass is 10.0. The number of hydrogen-bond donors (Lipinski definition) is 1. The van der Waals surface area contributed by atoms with Crippen molar-refractivity contribution in [2.24, 2.45) is 5.92 Å². The highest BCUT2D eigenvalue weighted by molar-refractivity contribution is 4.83. The monoisotopic (exact) mass is 84.1 g/mol. The third kappa shape index (κ3) is 0.548. The Morgan fingerprint density at radius 1 is 1.67 bits per heavy atom. The van der Waals surface area contributed by atoms with Crippen LogP contribution >= 0.6 is 0 Å². The summed E-state index contributed by atoms with van der Waals surface area (Å²) in [7, 11) is 0. The number of rotatable bonds is 1. The van der Waals surface area contributed by atoms with Gasteiger partial charge in [0, 0.05) is 0 Å². The zero-order valence-corrected chi connectivity index (χ0v) is 4.07. The first-order valence-corrected chi connectivity index (χ1v) is 2.43. The fraction of sp³-hybridized carbons (Fsp3) is 0.800. The predicted molar refractivity (Wildman–Crippen MR) is 26.3 cm³/mol. The molecule has 35 valence electrons. The van der Waals surface area contributed by atoms with E-state index < -0.39 is 0 Å². The second kappa shape index (κ2) is 1.61. The summed E-state index contributed by atoms with van der Waals surface area (Å²) in [5.41, 5.74) is 0. The molecule has 1 N–H and O–H groups in total. The lowest BCUT2D eigenvalue weighted by Gasteiger charge is -2.24. The van der Waals surface area contributed by atoms with Crippen molar-refractivity contribution in [3.8, 4) is 0 Å². The van der Waals surface area contributed by atoms with Gasteiger partial charge in [0.05, 0.1) is 0 Å². The van der Waals surface area contributed by atoms with Crippen molar-refractivity contribution < 1.29 is 0 Å². The van der Waals surface area contributed by atoms with Crippen LogP contribution in [0.2, 0.25) is 0 Å². The van der Waals surface area contributed by atoms with Crippen LogP contribution in [0.4, 0.5) is 0 Å². The minimum atomic E-state index is 0.880. The van der Waals surface area contributed by atoms with Gasteiger partial charge in [0.2, 0.25) is 0 Å². The Balaban J connectivity index is 2.01. The first kappa shape index (κ1) is 4.13. The Labute approximate surface area is 38.7 Å². The average molecular weight is 84.1 g/mol. The molecule has 1 heteroatoms. The standard InChI is InChI=1S/C5H10N/c1-2-5-3-6-4-5/h2,5-6H,3-4H2,1H3. The fourth-order valence-electron chi connectivity index (χ4n) is 0.547. The number of hydrogen-bond acceptors (Lipinski definition) is 1. The molecule has 1 aliphatic heterocycles. The molecule has 1 fully saturated rings. The normalized spacial score (nSPS) is 23.5. The Morgan fingerprint density at radius 2 is 2.33 bits per heavy atom. The van der Waals surface area contributed by atoms with Gasteiger partial charge in [-0.1, -0.05) is 6.92 Å². The topological polar surface area (TPSA) is 12.0 Å². The van der Waals surface area contributed by atoms with Crippen molar-refractivity contribution >= 4 is 0 Å². The largest absolute Gasteiger partial charge is 0.316 e. The van der Waals surface area contributed by atoms with Crippen molar-refractivity contribution in [2.45, 2.75) is 6.92 Å².